The molecule has 0 saturated carbocycles. The van der Waals surface area contributed by atoms with Crippen LogP contribution in [0, 0.1) is 12.7 Å². The maximum atomic E-state index is 14.7. The van der Waals surface area contributed by atoms with Crippen LogP contribution in [0.15, 0.2) is 53.5 Å². The number of amides is 1. The lowest BCUT2D eigenvalue weighted by molar-refractivity contribution is -0.138. The average molecular weight is 553 g/mol. The number of hydrogen-bond donors (Lipinski definition) is 2. The Balaban J connectivity index is 1.68. The molecule has 0 unspecified atom stereocenters. The maximum absolute atomic E-state index is 14.7. The third-order valence-corrected chi connectivity index (χ3v) is 6.88. The van der Waals surface area contributed by atoms with Crippen LogP contribution in [0.25, 0.3) is 0 Å². The van der Waals surface area contributed by atoms with Gasteiger partial charge in [0.15, 0.2) is 11.5 Å². The first-order valence-electron chi connectivity index (χ1n) is 13.2. The van der Waals surface area contributed by atoms with Crippen molar-refractivity contribution in [1.29, 1.82) is 0 Å². The molecule has 1 aliphatic heterocycles. The first-order chi connectivity index (χ1) is 19.2. The van der Waals surface area contributed by atoms with Gasteiger partial charge in [-0.05, 0) is 54.8 Å². The van der Waals surface area contributed by atoms with E-state index >= 15 is 0 Å². The van der Waals surface area contributed by atoms with Crippen LogP contribution in [0.5, 0.6) is 17.2 Å². The SMILES string of the molecule is CCCC[C@@H](C(=O)N[C@@H](CC(=O)O)c1ccc2c(c1)OCO2)n1cc(C)cc(Cc2c(F)cccc2OC)c1=O. The van der Waals surface area contributed by atoms with Crippen molar-refractivity contribution in [2.45, 2.75) is 58.0 Å². The van der Waals surface area contributed by atoms with Crippen molar-refractivity contribution in [3.05, 3.63) is 87.1 Å². The van der Waals surface area contributed by atoms with E-state index < -0.39 is 35.3 Å². The Morgan fingerprint density at radius 1 is 1.18 bits per heavy atom. The summed E-state index contributed by atoms with van der Waals surface area (Å²) in [6.45, 7) is 3.83. The predicted molar refractivity (Wildman–Crippen MR) is 145 cm³/mol. The van der Waals surface area contributed by atoms with Crippen molar-refractivity contribution in [1.82, 2.24) is 9.88 Å². The van der Waals surface area contributed by atoms with Crippen LogP contribution < -0.4 is 25.1 Å². The maximum Gasteiger partial charge on any atom is 0.305 e. The van der Waals surface area contributed by atoms with E-state index in [0.29, 0.717) is 41.2 Å². The van der Waals surface area contributed by atoms with Gasteiger partial charge in [0.25, 0.3) is 5.56 Å². The van der Waals surface area contributed by atoms with Crippen LogP contribution >= 0.6 is 0 Å². The van der Waals surface area contributed by atoms with Gasteiger partial charge in [0, 0.05) is 23.7 Å². The van der Waals surface area contributed by atoms with Crippen LogP contribution in [-0.2, 0) is 16.0 Å². The number of nitrogens with zero attached hydrogens (tertiary/aromatic N) is 1. The number of ether oxygens (including phenoxy) is 3. The Labute approximate surface area is 231 Å². The van der Waals surface area contributed by atoms with Gasteiger partial charge in [-0.15, -0.1) is 0 Å². The molecule has 2 atom stereocenters. The van der Waals surface area contributed by atoms with Gasteiger partial charge in [0.05, 0.1) is 19.6 Å². The molecule has 0 fully saturated rings. The second-order valence-electron chi connectivity index (χ2n) is 9.78. The van der Waals surface area contributed by atoms with Crippen LogP contribution in [0.3, 0.4) is 0 Å². The lowest BCUT2D eigenvalue weighted by Gasteiger charge is -2.25. The monoisotopic (exact) mass is 552 g/mol. The summed E-state index contributed by atoms with van der Waals surface area (Å²) >= 11 is 0. The number of halogens is 1. The number of carboxylic acids is 1. The Morgan fingerprint density at radius 2 is 1.95 bits per heavy atom. The Hall–Kier alpha value is -4.34. The number of aliphatic carboxylic acids is 1. The van der Waals surface area contributed by atoms with Gasteiger partial charge in [-0.2, -0.15) is 0 Å². The molecule has 2 N–H and O–H groups in total. The molecule has 1 aromatic heterocycles. The minimum Gasteiger partial charge on any atom is -0.496 e. The molecule has 40 heavy (non-hydrogen) atoms. The number of aromatic nitrogens is 1. The summed E-state index contributed by atoms with van der Waals surface area (Å²) in [6.07, 6.45) is 3.02. The predicted octanol–water partition coefficient (Wildman–Crippen LogP) is 4.69. The summed E-state index contributed by atoms with van der Waals surface area (Å²) in [4.78, 5) is 39.1. The molecule has 0 radical (unpaired) electrons. The molecular weight excluding hydrogens is 519 g/mol. The number of fused-ring (bicyclic) bond motifs is 1. The lowest BCUT2D eigenvalue weighted by Crippen LogP contribution is -2.40. The van der Waals surface area contributed by atoms with E-state index in [0.717, 1.165) is 12.0 Å². The fraction of sp³-hybridized carbons (Fsp3) is 0.367. The van der Waals surface area contributed by atoms with E-state index in [4.69, 9.17) is 14.2 Å². The van der Waals surface area contributed by atoms with E-state index in [1.807, 2.05) is 6.92 Å². The van der Waals surface area contributed by atoms with Crippen molar-refractivity contribution in [2.24, 2.45) is 0 Å². The van der Waals surface area contributed by atoms with E-state index in [-0.39, 0.29) is 25.2 Å². The Kier molecular flexibility index (Phi) is 9.08. The molecule has 3 aromatic rings. The van der Waals surface area contributed by atoms with Gasteiger partial charge in [-0.1, -0.05) is 31.9 Å². The topological polar surface area (TPSA) is 116 Å². The quantitative estimate of drug-likeness (QED) is 0.335. The van der Waals surface area contributed by atoms with E-state index in [2.05, 4.69) is 5.32 Å². The fourth-order valence-electron chi connectivity index (χ4n) is 4.89. The number of methoxy groups -OCH3 is 1. The van der Waals surface area contributed by atoms with Crippen LogP contribution in [-0.4, -0.2) is 35.5 Å². The Morgan fingerprint density at radius 3 is 2.67 bits per heavy atom. The number of aryl methyl sites for hydroxylation is 1. The molecule has 9 nitrogen and oxygen atoms in total. The second kappa shape index (κ2) is 12.7. The summed E-state index contributed by atoms with van der Waals surface area (Å²) in [6, 6.07) is 9.37. The second-order valence-corrected chi connectivity index (χ2v) is 9.78. The highest BCUT2D eigenvalue weighted by atomic mass is 19.1. The molecule has 2 heterocycles. The number of pyridine rings is 1. The standard InChI is InChI=1S/C30H33FN2O7/c1-4-5-8-24(29(36)32-23(15-28(34)35)19-10-11-26-27(14-19)40-17-39-26)33-16-18(2)12-20(30(33)37)13-21-22(31)7-6-9-25(21)38-3/h6-7,9-12,14,16,23-24H,4-5,8,13,15,17H2,1-3H3,(H,32,36)(H,34,35)/t23-,24-/m0/s1. The number of rotatable bonds is 12. The van der Waals surface area contributed by atoms with Crippen molar-refractivity contribution < 1.29 is 33.3 Å². The number of unbranched alkanes of at least 4 members (excludes halogenated alkanes) is 1. The van der Waals surface area contributed by atoms with Crippen molar-refractivity contribution in [3.63, 3.8) is 0 Å². The largest absolute Gasteiger partial charge is 0.496 e. The molecule has 212 valence electrons. The lowest BCUT2D eigenvalue weighted by atomic mass is 10.0. The number of nitrogens with one attached hydrogen (secondary N) is 1. The summed E-state index contributed by atoms with van der Waals surface area (Å²) < 4.78 is 32.1. The molecule has 0 aliphatic carbocycles. The van der Waals surface area contributed by atoms with Crippen LogP contribution in [0.4, 0.5) is 4.39 Å². The smallest absolute Gasteiger partial charge is 0.305 e. The number of carboxylic acid groups (broad SMARTS) is 1. The zero-order valence-corrected chi connectivity index (χ0v) is 22.7. The number of carbonyl (C=O) groups excluding carboxylic acids is 1. The molecule has 0 saturated heterocycles. The van der Waals surface area contributed by atoms with Crippen molar-refractivity contribution in [3.8, 4) is 17.2 Å². The summed E-state index contributed by atoms with van der Waals surface area (Å²) in [5.74, 6) is -0.746. The van der Waals surface area contributed by atoms with Crippen LogP contribution in [0.2, 0.25) is 0 Å². The van der Waals surface area contributed by atoms with Gasteiger partial charge in [0.2, 0.25) is 12.7 Å². The molecule has 10 heteroatoms. The number of carbonyl (C=O) groups is 2. The highest BCUT2D eigenvalue weighted by Gasteiger charge is 2.28. The minimum atomic E-state index is -1.10. The van der Waals surface area contributed by atoms with Gasteiger partial charge in [0.1, 0.15) is 17.6 Å². The van der Waals surface area contributed by atoms with E-state index in [1.165, 1.54) is 23.8 Å². The van der Waals surface area contributed by atoms with Crippen molar-refractivity contribution >= 4 is 11.9 Å². The Bertz CT molecular complexity index is 1450. The molecule has 0 spiro atoms. The third kappa shape index (κ3) is 6.44. The van der Waals surface area contributed by atoms with Gasteiger partial charge >= 0.3 is 5.97 Å². The number of hydrogen-bond acceptors (Lipinski definition) is 6. The van der Waals surface area contributed by atoms with E-state index in [1.54, 1.807) is 43.5 Å². The first kappa shape index (κ1) is 28.7. The third-order valence-electron chi connectivity index (χ3n) is 6.88. The van der Waals surface area contributed by atoms with Crippen molar-refractivity contribution in [2.75, 3.05) is 13.9 Å². The molecule has 0 bridgehead atoms. The number of benzene rings is 2. The first-order valence-corrected chi connectivity index (χ1v) is 13.2. The normalized spacial score (nSPS) is 13.5. The molecule has 4 rings (SSSR count). The van der Waals surface area contributed by atoms with E-state index in [9.17, 15) is 23.9 Å². The van der Waals surface area contributed by atoms with Crippen LogP contribution in [0.1, 0.15) is 66.9 Å². The van der Waals surface area contributed by atoms with Gasteiger partial charge in [-0.25, -0.2) is 4.39 Å². The minimum absolute atomic E-state index is 0.0166. The zero-order valence-electron chi connectivity index (χ0n) is 22.7. The highest BCUT2D eigenvalue weighted by Crippen LogP contribution is 2.35. The summed E-state index contributed by atoms with van der Waals surface area (Å²) in [7, 11) is 1.44. The van der Waals surface area contributed by atoms with Gasteiger partial charge < -0.3 is 29.2 Å². The average Bonchev–Trinajstić information content (AvgIpc) is 3.39. The summed E-state index contributed by atoms with van der Waals surface area (Å²) in [5.41, 5.74) is 1.40. The summed E-state index contributed by atoms with van der Waals surface area (Å²) in [5, 5.41) is 12.4. The molecular formula is C30H33FN2O7. The van der Waals surface area contributed by atoms with Gasteiger partial charge in [-0.3, -0.25) is 14.4 Å². The zero-order chi connectivity index (χ0) is 28.8. The highest BCUT2D eigenvalue weighted by molar-refractivity contribution is 5.81. The molecule has 1 aliphatic rings. The molecule has 2 aromatic carbocycles. The molecule has 1 amide bonds. The fourth-order valence-corrected chi connectivity index (χ4v) is 4.89.